The second-order valence-corrected chi connectivity index (χ2v) is 4.72. The Bertz CT molecular complexity index is 634. The largest absolute Gasteiger partial charge is 0.419 e. The maximum atomic E-state index is 11.9. The van der Waals surface area contributed by atoms with Gasteiger partial charge in [0.1, 0.15) is 0 Å². The van der Waals surface area contributed by atoms with Crippen LogP contribution < -0.4 is 5.76 Å². The smallest absolute Gasteiger partial charge is 0.408 e. The van der Waals surface area contributed by atoms with E-state index in [2.05, 4.69) is 0 Å². The Labute approximate surface area is 105 Å². The van der Waals surface area contributed by atoms with Gasteiger partial charge < -0.3 is 4.42 Å². The summed E-state index contributed by atoms with van der Waals surface area (Å²) in [6, 6.07) is 5.20. The quantitative estimate of drug-likeness (QED) is 0.780. The number of aryl methyl sites for hydroxylation is 1. The van der Waals surface area contributed by atoms with Crippen molar-refractivity contribution < 1.29 is 9.21 Å². The normalized spacial score (nSPS) is 11.3. The van der Waals surface area contributed by atoms with Crippen LogP contribution in [0.3, 0.4) is 0 Å². The van der Waals surface area contributed by atoms with Crippen LogP contribution in [0.25, 0.3) is 11.1 Å². The van der Waals surface area contributed by atoms with Gasteiger partial charge in [0.25, 0.3) is 0 Å². The molecule has 0 unspecified atom stereocenters. The third kappa shape index (κ3) is 2.10. The maximum absolute atomic E-state index is 11.9. The van der Waals surface area contributed by atoms with Gasteiger partial charge in [0, 0.05) is 18.0 Å². The van der Waals surface area contributed by atoms with Gasteiger partial charge in [0.05, 0.1) is 5.52 Å². The predicted molar refractivity (Wildman–Crippen MR) is 69.9 cm³/mol. The van der Waals surface area contributed by atoms with Crippen LogP contribution in [0.1, 0.15) is 37.6 Å². The van der Waals surface area contributed by atoms with E-state index in [-0.39, 0.29) is 17.5 Å². The van der Waals surface area contributed by atoms with Crippen molar-refractivity contribution in [2.75, 3.05) is 0 Å². The summed E-state index contributed by atoms with van der Waals surface area (Å²) in [4.78, 5) is 23.5. The molecule has 2 aromatic rings. The summed E-state index contributed by atoms with van der Waals surface area (Å²) in [5.74, 6) is -0.365. The van der Waals surface area contributed by atoms with Gasteiger partial charge in [-0.2, -0.15) is 0 Å². The molecule has 0 bridgehead atoms. The highest BCUT2D eigenvalue weighted by atomic mass is 16.4. The van der Waals surface area contributed by atoms with Crippen molar-refractivity contribution in [3.63, 3.8) is 0 Å². The van der Waals surface area contributed by atoms with E-state index in [1.54, 1.807) is 22.8 Å². The van der Waals surface area contributed by atoms with E-state index in [4.69, 9.17) is 4.42 Å². The monoisotopic (exact) mass is 247 g/mol. The zero-order valence-corrected chi connectivity index (χ0v) is 10.9. The molecule has 4 heteroatoms. The molecule has 1 heterocycles. The van der Waals surface area contributed by atoms with Crippen LogP contribution in [0.2, 0.25) is 0 Å². The molecular formula is C14H17NO3. The molecule has 96 valence electrons. The second-order valence-electron chi connectivity index (χ2n) is 4.72. The summed E-state index contributed by atoms with van der Waals surface area (Å²) in [5.41, 5.74) is 1.83. The average Bonchev–Trinajstić information content (AvgIpc) is 2.64. The molecular weight excluding hydrogens is 230 g/mol. The number of hydrogen-bond acceptors (Lipinski definition) is 3. The number of carbonyl (C=O) groups is 1. The Hall–Kier alpha value is -1.84. The lowest BCUT2D eigenvalue weighted by Crippen LogP contribution is -2.13. The Morgan fingerprint density at radius 2 is 2.11 bits per heavy atom. The number of rotatable bonds is 4. The first-order chi connectivity index (χ1) is 8.54. The Morgan fingerprint density at radius 1 is 1.39 bits per heavy atom. The molecule has 0 saturated heterocycles. The van der Waals surface area contributed by atoms with Crippen LogP contribution in [0, 0.1) is 5.92 Å². The molecule has 0 saturated carbocycles. The number of hydrogen-bond donors (Lipinski definition) is 0. The van der Waals surface area contributed by atoms with Crippen LogP contribution >= 0.6 is 0 Å². The summed E-state index contributed by atoms with van der Waals surface area (Å²) in [6.07, 6.45) is 0.862. The number of aromatic nitrogens is 1. The van der Waals surface area contributed by atoms with E-state index in [0.29, 0.717) is 17.7 Å². The van der Waals surface area contributed by atoms with Crippen molar-refractivity contribution in [3.8, 4) is 0 Å². The molecule has 2 rings (SSSR count). The van der Waals surface area contributed by atoms with Gasteiger partial charge in [0.2, 0.25) is 0 Å². The third-order valence-corrected chi connectivity index (χ3v) is 2.92. The van der Waals surface area contributed by atoms with Crippen molar-refractivity contribution in [1.82, 2.24) is 4.57 Å². The molecule has 1 aromatic carbocycles. The van der Waals surface area contributed by atoms with Crippen LogP contribution in [-0.2, 0) is 6.54 Å². The van der Waals surface area contributed by atoms with Gasteiger partial charge >= 0.3 is 5.76 Å². The minimum absolute atomic E-state index is 0.0581. The number of fused-ring (bicyclic) bond motifs is 1. The molecule has 0 N–H and O–H groups in total. The van der Waals surface area contributed by atoms with E-state index in [9.17, 15) is 9.59 Å². The number of oxazole rings is 1. The molecule has 18 heavy (non-hydrogen) atoms. The molecule has 1 aromatic heterocycles. The average molecular weight is 247 g/mol. The lowest BCUT2D eigenvalue weighted by atomic mass is 10.0. The molecule has 0 aliphatic carbocycles. The van der Waals surface area contributed by atoms with Crippen LogP contribution in [0.15, 0.2) is 27.4 Å². The zero-order valence-electron chi connectivity index (χ0n) is 10.9. The number of ketones is 1. The van der Waals surface area contributed by atoms with Crippen molar-refractivity contribution in [1.29, 1.82) is 0 Å². The minimum Gasteiger partial charge on any atom is -0.408 e. The van der Waals surface area contributed by atoms with Gasteiger partial charge in [-0.3, -0.25) is 9.36 Å². The Morgan fingerprint density at radius 3 is 2.72 bits per heavy atom. The fourth-order valence-electron chi connectivity index (χ4n) is 1.99. The first-order valence-corrected chi connectivity index (χ1v) is 6.22. The first-order valence-electron chi connectivity index (χ1n) is 6.22. The van der Waals surface area contributed by atoms with Crippen molar-refractivity contribution in [2.24, 2.45) is 5.92 Å². The highest BCUT2D eigenvalue weighted by Crippen LogP contribution is 2.17. The van der Waals surface area contributed by atoms with Crippen LogP contribution in [0.4, 0.5) is 0 Å². The van der Waals surface area contributed by atoms with Gasteiger partial charge in [-0.05, 0) is 24.6 Å². The highest BCUT2D eigenvalue weighted by molar-refractivity contribution is 5.99. The SMILES string of the molecule is CCCn1c(=O)oc2cc(C(=O)C(C)C)ccc21. The molecule has 0 fully saturated rings. The fourth-order valence-corrected chi connectivity index (χ4v) is 1.99. The van der Waals surface area contributed by atoms with Crippen molar-refractivity contribution >= 4 is 16.9 Å². The lowest BCUT2D eigenvalue weighted by molar-refractivity contribution is 0.0939. The van der Waals surface area contributed by atoms with Crippen LogP contribution in [-0.4, -0.2) is 10.4 Å². The summed E-state index contributed by atoms with van der Waals surface area (Å²) < 4.78 is 6.77. The van der Waals surface area contributed by atoms with E-state index in [0.717, 1.165) is 11.9 Å². The highest BCUT2D eigenvalue weighted by Gasteiger charge is 2.14. The van der Waals surface area contributed by atoms with E-state index in [1.807, 2.05) is 20.8 Å². The minimum atomic E-state index is -0.360. The van der Waals surface area contributed by atoms with Gasteiger partial charge in [0.15, 0.2) is 11.4 Å². The number of nitrogens with zero attached hydrogens (tertiary/aromatic N) is 1. The summed E-state index contributed by atoms with van der Waals surface area (Å²) in [6.45, 7) is 6.33. The van der Waals surface area contributed by atoms with E-state index in [1.165, 1.54) is 0 Å². The molecule has 0 atom stereocenters. The fraction of sp³-hybridized carbons (Fsp3) is 0.429. The topological polar surface area (TPSA) is 52.2 Å². The van der Waals surface area contributed by atoms with Crippen molar-refractivity contribution in [2.45, 2.75) is 33.7 Å². The van der Waals surface area contributed by atoms with Gasteiger partial charge in [-0.25, -0.2) is 4.79 Å². The first kappa shape index (κ1) is 12.6. The zero-order chi connectivity index (χ0) is 13.3. The predicted octanol–water partition coefficient (Wildman–Crippen LogP) is 2.84. The Kier molecular flexibility index (Phi) is 3.36. The van der Waals surface area contributed by atoms with Crippen LogP contribution in [0.5, 0.6) is 0 Å². The summed E-state index contributed by atoms with van der Waals surface area (Å²) in [5, 5.41) is 0. The molecule has 0 aliphatic heterocycles. The van der Waals surface area contributed by atoms with E-state index < -0.39 is 0 Å². The standard InChI is InChI=1S/C14H17NO3/c1-4-7-15-11-6-5-10(13(16)9(2)3)8-12(11)18-14(15)17/h5-6,8-9H,4,7H2,1-3H3. The lowest BCUT2D eigenvalue weighted by Gasteiger charge is -2.04. The number of benzene rings is 1. The maximum Gasteiger partial charge on any atom is 0.419 e. The molecule has 0 spiro atoms. The summed E-state index contributed by atoms with van der Waals surface area (Å²) >= 11 is 0. The molecule has 0 radical (unpaired) electrons. The summed E-state index contributed by atoms with van der Waals surface area (Å²) in [7, 11) is 0. The molecule has 4 nitrogen and oxygen atoms in total. The van der Waals surface area contributed by atoms with Gasteiger partial charge in [-0.15, -0.1) is 0 Å². The second kappa shape index (κ2) is 4.80. The molecule has 0 aliphatic rings. The Balaban J connectivity index is 2.54. The third-order valence-electron chi connectivity index (χ3n) is 2.92. The number of carbonyl (C=O) groups excluding carboxylic acids is 1. The number of Topliss-reactive ketones (excluding diaryl/α,β-unsaturated/α-hetero) is 1. The van der Waals surface area contributed by atoms with Crippen molar-refractivity contribution in [3.05, 3.63) is 34.3 Å². The van der Waals surface area contributed by atoms with E-state index >= 15 is 0 Å². The van der Waals surface area contributed by atoms with Gasteiger partial charge in [-0.1, -0.05) is 20.8 Å². The molecule has 0 amide bonds.